The number of hydrogen-bond donors (Lipinski definition) is 0. The van der Waals surface area contributed by atoms with E-state index in [1.807, 2.05) is 0 Å². The molecule has 7 aromatic rings. The van der Waals surface area contributed by atoms with Gasteiger partial charge in [-0.05, 0) is 76.4 Å². The minimum absolute atomic E-state index is 0.987. The summed E-state index contributed by atoms with van der Waals surface area (Å²) < 4.78 is 2.39. The molecule has 0 radical (unpaired) electrons. The molecule has 0 bridgehead atoms. The zero-order valence-electron chi connectivity index (χ0n) is 24.3. The van der Waals surface area contributed by atoms with Crippen molar-refractivity contribution in [3.63, 3.8) is 0 Å². The molecule has 1 aromatic heterocycles. The summed E-state index contributed by atoms with van der Waals surface area (Å²) in [7, 11) is 0. The van der Waals surface area contributed by atoms with Gasteiger partial charge in [-0.2, -0.15) is 0 Å². The van der Waals surface area contributed by atoms with Crippen LogP contribution in [-0.4, -0.2) is 4.57 Å². The normalized spacial score (nSPS) is 14.3. The van der Waals surface area contributed by atoms with Gasteiger partial charge in [0.05, 0.1) is 16.7 Å². The van der Waals surface area contributed by atoms with Crippen LogP contribution in [-0.2, 0) is 0 Å². The predicted octanol–water partition coefficient (Wildman–Crippen LogP) is 11.4. The molecule has 0 amide bonds. The number of benzene rings is 6. The molecule has 6 aromatic carbocycles. The molecule has 8 rings (SSSR count). The molecule has 0 spiro atoms. The summed E-state index contributed by atoms with van der Waals surface area (Å²) in [6.07, 6.45) is 8.39. The second-order valence-corrected chi connectivity index (χ2v) is 11.2. The minimum Gasteiger partial charge on any atom is -0.316 e. The zero-order valence-corrected chi connectivity index (χ0v) is 24.3. The van der Waals surface area contributed by atoms with Crippen LogP contribution in [0.15, 0.2) is 177 Å². The van der Waals surface area contributed by atoms with E-state index in [9.17, 15) is 0 Å². The van der Waals surface area contributed by atoms with Crippen LogP contribution >= 0.6 is 0 Å². The summed E-state index contributed by atoms with van der Waals surface area (Å²) in [6.45, 7) is 4.48. The van der Waals surface area contributed by atoms with Crippen molar-refractivity contribution in [1.29, 1.82) is 0 Å². The second-order valence-electron chi connectivity index (χ2n) is 11.2. The molecular weight excluding hydrogens is 532 g/mol. The summed E-state index contributed by atoms with van der Waals surface area (Å²) >= 11 is 0. The van der Waals surface area contributed by atoms with Gasteiger partial charge >= 0.3 is 0 Å². The molecule has 1 aliphatic heterocycles. The Hall–Kier alpha value is -5.86. The van der Waals surface area contributed by atoms with Gasteiger partial charge < -0.3 is 9.47 Å². The van der Waals surface area contributed by atoms with Gasteiger partial charge in [-0.15, -0.1) is 0 Å². The number of allylic oxidation sites excluding steroid dienone is 4. The van der Waals surface area contributed by atoms with Crippen molar-refractivity contribution < 1.29 is 0 Å². The fraction of sp³-hybridized carbons (Fsp3) is 0. The van der Waals surface area contributed by atoms with Crippen molar-refractivity contribution in [2.75, 3.05) is 4.90 Å². The fourth-order valence-electron chi connectivity index (χ4n) is 6.32. The molecular formula is C42H30N2. The van der Waals surface area contributed by atoms with Crippen LogP contribution < -0.4 is 4.90 Å². The monoisotopic (exact) mass is 562 g/mol. The molecule has 0 atom stereocenters. The highest BCUT2D eigenvalue weighted by Gasteiger charge is 2.20. The lowest BCUT2D eigenvalue weighted by Gasteiger charge is -2.26. The highest BCUT2D eigenvalue weighted by molar-refractivity contribution is 6.12. The highest BCUT2D eigenvalue weighted by atomic mass is 15.1. The smallest absolute Gasteiger partial charge is 0.0562 e. The van der Waals surface area contributed by atoms with Crippen LogP contribution in [0.1, 0.15) is 5.56 Å². The Balaban J connectivity index is 1.31. The molecule has 2 heteroatoms. The van der Waals surface area contributed by atoms with E-state index >= 15 is 0 Å². The van der Waals surface area contributed by atoms with E-state index < -0.39 is 0 Å². The number of hydrogen-bond acceptors (Lipinski definition) is 1. The van der Waals surface area contributed by atoms with E-state index in [-0.39, 0.29) is 0 Å². The lowest BCUT2D eigenvalue weighted by molar-refractivity contribution is 1.17. The predicted molar refractivity (Wildman–Crippen MR) is 188 cm³/mol. The van der Waals surface area contributed by atoms with Gasteiger partial charge in [0.1, 0.15) is 0 Å². The molecule has 1 aliphatic rings. The van der Waals surface area contributed by atoms with Crippen molar-refractivity contribution in [3.8, 4) is 27.9 Å². The third kappa shape index (κ3) is 4.45. The Labute approximate surface area is 257 Å². The Morgan fingerprint density at radius 2 is 1.02 bits per heavy atom. The van der Waals surface area contributed by atoms with Crippen molar-refractivity contribution >= 4 is 38.8 Å². The molecule has 0 fully saturated rings. The van der Waals surface area contributed by atoms with Gasteiger partial charge in [-0.1, -0.05) is 122 Å². The fourth-order valence-corrected chi connectivity index (χ4v) is 6.32. The van der Waals surface area contributed by atoms with Crippen LogP contribution in [0.4, 0.5) is 11.4 Å². The molecule has 0 unspecified atom stereocenters. The minimum atomic E-state index is 0.987. The Bertz CT molecular complexity index is 2200. The van der Waals surface area contributed by atoms with Gasteiger partial charge in [-0.25, -0.2) is 0 Å². The Kier molecular flexibility index (Phi) is 6.31. The molecule has 2 heterocycles. The maximum atomic E-state index is 4.48. The van der Waals surface area contributed by atoms with Crippen molar-refractivity contribution in [3.05, 3.63) is 182 Å². The molecule has 0 saturated carbocycles. The first-order valence-corrected chi connectivity index (χ1v) is 15.0. The molecule has 44 heavy (non-hydrogen) atoms. The Morgan fingerprint density at radius 3 is 1.68 bits per heavy atom. The lowest BCUT2D eigenvalue weighted by atomic mass is 9.98. The Morgan fingerprint density at radius 1 is 0.455 bits per heavy atom. The van der Waals surface area contributed by atoms with Crippen molar-refractivity contribution in [2.45, 2.75) is 0 Å². The van der Waals surface area contributed by atoms with Crippen LogP contribution in [0.2, 0.25) is 0 Å². The summed E-state index contributed by atoms with van der Waals surface area (Å²) in [5, 5.41) is 2.44. The van der Waals surface area contributed by atoms with E-state index in [2.05, 4.69) is 186 Å². The standard InChI is InChI=1S/C42H30N2/c1-30-12-10-11-27-43(35-23-19-33(20-24-35)31-13-4-2-5-14-31)41-29-42-39(28-38(30)41)37-17-8-9-18-40(37)44(42)36-25-21-34(22-26-36)32-15-6-3-7-16-32/h2-29H,1H2/b12-10-,27-11-. The summed E-state index contributed by atoms with van der Waals surface area (Å²) in [5.74, 6) is 0. The van der Waals surface area contributed by atoms with E-state index in [4.69, 9.17) is 0 Å². The average Bonchev–Trinajstić information content (AvgIpc) is 3.41. The molecule has 0 aliphatic carbocycles. The number of nitrogens with zero attached hydrogens (tertiary/aromatic N) is 2. The van der Waals surface area contributed by atoms with E-state index in [0.717, 1.165) is 33.7 Å². The largest absolute Gasteiger partial charge is 0.316 e. The van der Waals surface area contributed by atoms with E-state index in [0.29, 0.717) is 0 Å². The molecule has 0 saturated heterocycles. The van der Waals surface area contributed by atoms with Crippen LogP contribution in [0.5, 0.6) is 0 Å². The van der Waals surface area contributed by atoms with Crippen molar-refractivity contribution in [1.82, 2.24) is 4.57 Å². The quantitative estimate of drug-likeness (QED) is 0.207. The van der Waals surface area contributed by atoms with Gasteiger partial charge in [-0.3, -0.25) is 0 Å². The highest BCUT2D eigenvalue weighted by Crippen LogP contribution is 2.42. The first-order valence-electron chi connectivity index (χ1n) is 15.0. The number of rotatable bonds is 4. The van der Waals surface area contributed by atoms with Gasteiger partial charge in [0, 0.05) is 33.9 Å². The third-order valence-electron chi connectivity index (χ3n) is 8.52. The molecule has 2 nitrogen and oxygen atoms in total. The average molecular weight is 563 g/mol. The maximum Gasteiger partial charge on any atom is 0.0562 e. The van der Waals surface area contributed by atoms with E-state index in [1.54, 1.807) is 0 Å². The van der Waals surface area contributed by atoms with Crippen molar-refractivity contribution in [2.24, 2.45) is 0 Å². The number of aromatic nitrogens is 1. The number of anilines is 2. The topological polar surface area (TPSA) is 8.17 Å². The van der Waals surface area contributed by atoms with Crippen LogP contribution in [0.25, 0.3) is 55.3 Å². The van der Waals surface area contributed by atoms with Gasteiger partial charge in [0.25, 0.3) is 0 Å². The molecule has 0 N–H and O–H groups in total. The number of fused-ring (bicyclic) bond motifs is 4. The van der Waals surface area contributed by atoms with Crippen LogP contribution in [0.3, 0.4) is 0 Å². The summed E-state index contributed by atoms with van der Waals surface area (Å²) in [6, 6.07) is 52.1. The summed E-state index contributed by atoms with van der Waals surface area (Å²) in [4.78, 5) is 2.28. The van der Waals surface area contributed by atoms with Crippen LogP contribution in [0, 0.1) is 0 Å². The zero-order chi connectivity index (χ0) is 29.5. The van der Waals surface area contributed by atoms with E-state index in [1.165, 1.54) is 38.5 Å². The van der Waals surface area contributed by atoms with Gasteiger partial charge in [0.15, 0.2) is 0 Å². The molecule has 208 valence electrons. The maximum absolute atomic E-state index is 4.48. The SMILES string of the molecule is C=C1/C=C\C=C/N(c2ccc(-c3ccccc3)cc2)c2cc3c(cc21)c1ccccc1n3-c1ccc(-c2ccccc2)cc1. The first-order chi connectivity index (χ1) is 21.7. The summed E-state index contributed by atoms with van der Waals surface area (Å²) in [5.41, 5.74) is 12.6. The van der Waals surface area contributed by atoms with Gasteiger partial charge in [0.2, 0.25) is 0 Å². The first kappa shape index (κ1) is 25.8. The second kappa shape index (κ2) is 10.8. The lowest BCUT2D eigenvalue weighted by Crippen LogP contribution is -2.11. The number of para-hydroxylation sites is 1. The third-order valence-corrected chi connectivity index (χ3v) is 8.52.